The highest BCUT2D eigenvalue weighted by molar-refractivity contribution is 7.98. The summed E-state index contributed by atoms with van der Waals surface area (Å²) in [4.78, 5) is 0. The van der Waals surface area contributed by atoms with E-state index in [9.17, 15) is 0 Å². The van der Waals surface area contributed by atoms with Crippen molar-refractivity contribution in [1.82, 2.24) is 5.32 Å². The van der Waals surface area contributed by atoms with Gasteiger partial charge in [0.05, 0.1) is 0 Å². The van der Waals surface area contributed by atoms with Crippen LogP contribution >= 0.6 is 11.8 Å². The lowest BCUT2D eigenvalue weighted by Gasteiger charge is -2.20. The molecule has 1 aliphatic rings. The molecule has 0 aromatic rings. The van der Waals surface area contributed by atoms with Gasteiger partial charge in [0.1, 0.15) is 0 Å². The van der Waals surface area contributed by atoms with E-state index in [0.29, 0.717) is 0 Å². The van der Waals surface area contributed by atoms with Gasteiger partial charge in [-0.3, -0.25) is 0 Å². The minimum atomic E-state index is 0.841. The van der Waals surface area contributed by atoms with Crippen LogP contribution in [0.25, 0.3) is 0 Å². The quantitative estimate of drug-likeness (QED) is 0.654. The van der Waals surface area contributed by atoms with Crippen LogP contribution in [-0.2, 0) is 0 Å². The van der Waals surface area contributed by atoms with E-state index in [4.69, 9.17) is 0 Å². The fraction of sp³-hybridized carbons (Fsp3) is 1.00. The van der Waals surface area contributed by atoms with E-state index < -0.39 is 0 Å². The first kappa shape index (κ1) is 12.4. The summed E-state index contributed by atoms with van der Waals surface area (Å²) in [5, 5.41) is 3.72. The first-order valence-corrected chi connectivity index (χ1v) is 7.50. The van der Waals surface area contributed by atoms with Gasteiger partial charge in [0.15, 0.2) is 0 Å². The highest BCUT2D eigenvalue weighted by atomic mass is 32.2. The second-order valence-corrected chi connectivity index (χ2v) is 5.37. The van der Waals surface area contributed by atoms with Crippen LogP contribution < -0.4 is 5.32 Å². The van der Waals surface area contributed by atoms with E-state index in [1.54, 1.807) is 0 Å². The molecule has 0 heterocycles. The van der Waals surface area contributed by atoms with E-state index >= 15 is 0 Å². The minimum absolute atomic E-state index is 0.841. The molecule has 0 aromatic carbocycles. The molecule has 2 atom stereocenters. The zero-order chi connectivity index (χ0) is 10.2. The molecular weight excluding hydrogens is 190 g/mol. The first-order valence-electron chi connectivity index (χ1n) is 6.10. The smallest absolute Gasteiger partial charge is 0.00956 e. The van der Waals surface area contributed by atoms with Crippen LogP contribution in [0.4, 0.5) is 0 Å². The van der Waals surface area contributed by atoms with Crippen LogP contribution in [0.3, 0.4) is 0 Å². The summed E-state index contributed by atoms with van der Waals surface area (Å²) in [7, 11) is 0. The van der Waals surface area contributed by atoms with Crippen LogP contribution in [0.15, 0.2) is 0 Å². The normalized spacial score (nSPS) is 27.0. The molecule has 1 fully saturated rings. The van der Waals surface area contributed by atoms with E-state index in [1.165, 1.54) is 50.8 Å². The Balaban J connectivity index is 2.14. The van der Waals surface area contributed by atoms with Crippen LogP contribution in [0.1, 0.15) is 45.4 Å². The Bertz CT molecular complexity index is 138. The molecule has 0 radical (unpaired) electrons. The fourth-order valence-electron chi connectivity index (χ4n) is 2.46. The average Bonchev–Trinajstić information content (AvgIpc) is 2.63. The molecular formula is C12H25NS. The van der Waals surface area contributed by atoms with E-state index in [1.807, 2.05) is 11.8 Å². The summed E-state index contributed by atoms with van der Waals surface area (Å²) >= 11 is 1.94. The Hall–Kier alpha value is 0.310. The molecule has 84 valence electrons. The van der Waals surface area contributed by atoms with Gasteiger partial charge in [-0.1, -0.05) is 26.2 Å². The molecule has 1 rings (SSSR count). The number of hydrogen-bond acceptors (Lipinski definition) is 2. The third-order valence-corrected chi connectivity index (χ3v) is 3.91. The van der Waals surface area contributed by atoms with Crippen molar-refractivity contribution in [2.24, 2.45) is 5.92 Å². The van der Waals surface area contributed by atoms with Gasteiger partial charge < -0.3 is 5.32 Å². The van der Waals surface area contributed by atoms with Crippen molar-refractivity contribution in [2.45, 2.75) is 51.5 Å². The highest BCUT2D eigenvalue weighted by Crippen LogP contribution is 2.29. The molecule has 0 amide bonds. The van der Waals surface area contributed by atoms with Crippen LogP contribution in [0.2, 0.25) is 0 Å². The van der Waals surface area contributed by atoms with Gasteiger partial charge in [0.2, 0.25) is 0 Å². The Labute approximate surface area is 93.4 Å². The Morgan fingerprint density at radius 2 is 2.21 bits per heavy atom. The van der Waals surface area contributed by atoms with Crippen molar-refractivity contribution < 1.29 is 0 Å². The van der Waals surface area contributed by atoms with Gasteiger partial charge in [-0.2, -0.15) is 11.8 Å². The third-order valence-electron chi connectivity index (χ3n) is 3.30. The molecule has 0 saturated heterocycles. The first-order chi connectivity index (χ1) is 6.88. The second kappa shape index (κ2) is 7.58. The van der Waals surface area contributed by atoms with Crippen LogP contribution in [0.5, 0.6) is 0 Å². The second-order valence-electron chi connectivity index (χ2n) is 4.39. The largest absolute Gasteiger partial charge is 0.313 e. The predicted molar refractivity (Wildman–Crippen MR) is 67.0 cm³/mol. The highest BCUT2D eigenvalue weighted by Gasteiger charge is 2.25. The summed E-state index contributed by atoms with van der Waals surface area (Å²) in [5.41, 5.74) is 0. The molecule has 1 N–H and O–H groups in total. The Kier molecular flexibility index (Phi) is 6.70. The SMILES string of the molecule is CCCCC1CCCC1NCCSC. The van der Waals surface area contributed by atoms with Gasteiger partial charge in [-0.15, -0.1) is 0 Å². The van der Waals surface area contributed by atoms with Crippen molar-refractivity contribution in [2.75, 3.05) is 18.6 Å². The predicted octanol–water partition coefficient (Wildman–Crippen LogP) is 3.30. The molecule has 0 aromatic heterocycles. The number of hydrogen-bond donors (Lipinski definition) is 1. The maximum atomic E-state index is 3.72. The number of unbranched alkanes of at least 4 members (excludes halogenated alkanes) is 1. The Morgan fingerprint density at radius 1 is 1.36 bits per heavy atom. The van der Waals surface area contributed by atoms with Crippen molar-refractivity contribution >= 4 is 11.8 Å². The number of nitrogens with one attached hydrogen (secondary N) is 1. The van der Waals surface area contributed by atoms with E-state index in [0.717, 1.165) is 12.0 Å². The maximum absolute atomic E-state index is 3.72. The standard InChI is InChI=1S/C12H25NS/c1-3-4-6-11-7-5-8-12(11)13-9-10-14-2/h11-13H,3-10H2,1-2H3. The third kappa shape index (κ3) is 4.22. The summed E-state index contributed by atoms with van der Waals surface area (Å²) in [6.07, 6.45) is 10.8. The molecule has 1 aliphatic carbocycles. The molecule has 0 spiro atoms. The minimum Gasteiger partial charge on any atom is -0.313 e. The van der Waals surface area contributed by atoms with Crippen LogP contribution in [-0.4, -0.2) is 24.6 Å². The van der Waals surface area contributed by atoms with Gasteiger partial charge in [-0.25, -0.2) is 0 Å². The lowest BCUT2D eigenvalue weighted by Crippen LogP contribution is -2.33. The van der Waals surface area contributed by atoms with Crippen LogP contribution in [0, 0.1) is 5.92 Å². The summed E-state index contributed by atoms with van der Waals surface area (Å²) < 4.78 is 0. The monoisotopic (exact) mass is 215 g/mol. The molecule has 1 nitrogen and oxygen atoms in total. The van der Waals surface area contributed by atoms with E-state index in [-0.39, 0.29) is 0 Å². The maximum Gasteiger partial charge on any atom is 0.00956 e. The fourth-order valence-corrected chi connectivity index (χ4v) is 2.79. The lowest BCUT2D eigenvalue weighted by molar-refractivity contribution is 0.377. The van der Waals surface area contributed by atoms with Crippen molar-refractivity contribution in [3.8, 4) is 0 Å². The van der Waals surface area contributed by atoms with Gasteiger partial charge in [0.25, 0.3) is 0 Å². The molecule has 1 saturated carbocycles. The zero-order valence-electron chi connectivity index (χ0n) is 9.72. The summed E-state index contributed by atoms with van der Waals surface area (Å²) in [5.74, 6) is 2.24. The average molecular weight is 215 g/mol. The number of thioether (sulfide) groups is 1. The Morgan fingerprint density at radius 3 is 2.93 bits per heavy atom. The van der Waals surface area contributed by atoms with Gasteiger partial charge >= 0.3 is 0 Å². The topological polar surface area (TPSA) is 12.0 Å². The van der Waals surface area contributed by atoms with E-state index in [2.05, 4.69) is 18.5 Å². The van der Waals surface area contributed by atoms with Gasteiger partial charge in [0, 0.05) is 18.3 Å². The zero-order valence-corrected chi connectivity index (χ0v) is 10.5. The van der Waals surface area contributed by atoms with Gasteiger partial charge in [-0.05, 0) is 31.4 Å². The lowest BCUT2D eigenvalue weighted by atomic mass is 9.97. The molecule has 14 heavy (non-hydrogen) atoms. The van der Waals surface area contributed by atoms with Crippen molar-refractivity contribution in [1.29, 1.82) is 0 Å². The molecule has 0 bridgehead atoms. The molecule has 2 heteroatoms. The number of rotatable bonds is 7. The molecule has 0 aliphatic heterocycles. The summed E-state index contributed by atoms with van der Waals surface area (Å²) in [6, 6.07) is 0.841. The molecule has 2 unspecified atom stereocenters. The van der Waals surface area contributed by atoms with Crippen molar-refractivity contribution in [3.05, 3.63) is 0 Å². The van der Waals surface area contributed by atoms with Crippen molar-refractivity contribution in [3.63, 3.8) is 0 Å². The summed E-state index contributed by atoms with van der Waals surface area (Å²) in [6.45, 7) is 3.50.